The highest BCUT2D eigenvalue weighted by Gasteiger charge is 2.17. The van der Waals surface area contributed by atoms with Gasteiger partial charge in [-0.1, -0.05) is 58.2 Å². The van der Waals surface area contributed by atoms with Gasteiger partial charge >= 0.3 is 0 Å². The molecule has 0 radical (unpaired) electrons. The first-order valence-electron chi connectivity index (χ1n) is 9.12. The Morgan fingerprint density at radius 2 is 1.70 bits per heavy atom. The number of aryl methyl sites for hydroxylation is 1. The largest absolute Gasteiger partial charge is 1.00 e. The molecule has 0 bridgehead atoms. The van der Waals surface area contributed by atoms with Gasteiger partial charge in [-0.05, 0) is 47.1 Å². The van der Waals surface area contributed by atoms with Crippen LogP contribution in [0.4, 0.5) is 5.69 Å². The van der Waals surface area contributed by atoms with Crippen LogP contribution in [0.1, 0.15) is 29.8 Å². The normalized spacial score (nSPS) is 11.1. The quantitative estimate of drug-likeness (QED) is 0.166. The minimum Gasteiger partial charge on any atom is -1.00 e. The molecule has 0 atom stereocenters. The highest BCUT2D eigenvalue weighted by Crippen LogP contribution is 2.23. The maximum absolute atomic E-state index is 2.48. The van der Waals surface area contributed by atoms with Gasteiger partial charge in [-0.3, -0.25) is 0 Å². The summed E-state index contributed by atoms with van der Waals surface area (Å²) >= 11 is 4.35. The topological polar surface area (TPSA) is 7.12 Å². The predicted octanol–water partition coefficient (Wildman–Crippen LogP) is 3.03. The number of unbranched alkanes of at least 4 members (excludes halogenated alkanes) is 2. The number of nitrogens with zero attached hydrogens (tertiary/aromatic N) is 2. The summed E-state index contributed by atoms with van der Waals surface area (Å²) in [6.45, 7) is 1.10. The number of alkyl halides is 1. The Morgan fingerprint density at radius 3 is 2.41 bits per heavy atom. The summed E-state index contributed by atoms with van der Waals surface area (Å²) in [6.07, 6.45) is 8.35. The van der Waals surface area contributed by atoms with Gasteiger partial charge in [-0.2, -0.15) is 4.57 Å². The average Bonchev–Trinajstić information content (AvgIpc) is 3.01. The van der Waals surface area contributed by atoms with Gasteiger partial charge in [-0.25, -0.2) is 0 Å². The second kappa shape index (κ2) is 11.4. The van der Waals surface area contributed by atoms with Crippen molar-refractivity contribution in [2.45, 2.75) is 25.8 Å². The molecule has 0 N–H and O–H groups in total. The van der Waals surface area contributed by atoms with Gasteiger partial charge in [0.15, 0.2) is 6.54 Å². The summed E-state index contributed by atoms with van der Waals surface area (Å²) in [5.41, 5.74) is 3.83. The van der Waals surface area contributed by atoms with Crippen LogP contribution < -0.4 is 33.4 Å². The van der Waals surface area contributed by atoms with Crippen molar-refractivity contribution >= 4 is 62.0 Å². The first kappa shape index (κ1) is 22.6. The molecule has 144 valence electrons. The van der Waals surface area contributed by atoms with Crippen LogP contribution in [-0.4, -0.2) is 18.5 Å². The van der Waals surface area contributed by atoms with Gasteiger partial charge in [0.1, 0.15) is 4.70 Å². The highest BCUT2D eigenvalue weighted by atomic mass is 127. The fourth-order valence-corrected chi connectivity index (χ4v) is 4.63. The molecule has 3 aromatic rings. The SMILES string of the molecule is CN(C)c1ccc(/C=C/c2sc3ccccc3[n+]2CCCCCI)cc1.[I-]. The maximum atomic E-state index is 2.48. The summed E-state index contributed by atoms with van der Waals surface area (Å²) in [5.74, 6) is 0. The minimum absolute atomic E-state index is 0. The molecule has 3 rings (SSSR count). The smallest absolute Gasteiger partial charge is 0.262 e. The minimum atomic E-state index is 0. The standard InChI is InChI=1S/C22H26IN2S.HI/c1-24(2)19-13-10-18(11-14-19)12-15-22-25(17-7-3-6-16-23)20-8-4-5-9-21(20)26-22;/h4-5,8-15H,3,6-7,16-17H2,1-2H3;1H/q+1;/p-1. The number of benzene rings is 2. The number of para-hydroxylation sites is 1. The lowest BCUT2D eigenvalue weighted by Gasteiger charge is -2.11. The Hall–Kier alpha value is -0.670. The third kappa shape index (κ3) is 6.15. The van der Waals surface area contributed by atoms with Crippen molar-refractivity contribution < 1.29 is 28.5 Å². The maximum Gasteiger partial charge on any atom is 0.262 e. The second-order valence-electron chi connectivity index (χ2n) is 6.63. The third-order valence-electron chi connectivity index (χ3n) is 4.48. The fourth-order valence-electron chi connectivity index (χ4n) is 3.00. The van der Waals surface area contributed by atoms with Gasteiger partial charge < -0.3 is 28.9 Å². The molecule has 1 heterocycles. The number of aromatic nitrogens is 1. The van der Waals surface area contributed by atoms with E-state index in [0.717, 1.165) is 6.54 Å². The molecule has 0 aliphatic rings. The van der Waals surface area contributed by atoms with E-state index in [-0.39, 0.29) is 24.0 Å². The lowest BCUT2D eigenvalue weighted by molar-refractivity contribution is -0.669. The molecule has 0 aliphatic heterocycles. The molecule has 0 fully saturated rings. The van der Waals surface area contributed by atoms with Crippen molar-refractivity contribution in [3.63, 3.8) is 0 Å². The van der Waals surface area contributed by atoms with Crippen molar-refractivity contribution in [2.75, 3.05) is 23.4 Å². The van der Waals surface area contributed by atoms with Crippen molar-refractivity contribution in [3.05, 3.63) is 59.1 Å². The van der Waals surface area contributed by atoms with E-state index in [0.29, 0.717) is 0 Å². The number of fused-ring (bicyclic) bond motifs is 1. The molecule has 0 saturated carbocycles. The molecule has 1 aromatic heterocycles. The van der Waals surface area contributed by atoms with Gasteiger partial charge in [0.05, 0.1) is 0 Å². The van der Waals surface area contributed by atoms with E-state index in [1.807, 2.05) is 11.3 Å². The number of hydrogen-bond donors (Lipinski definition) is 0. The molecule has 0 spiro atoms. The second-order valence-corrected chi connectivity index (χ2v) is 8.77. The van der Waals surface area contributed by atoms with Crippen LogP contribution in [0.3, 0.4) is 0 Å². The van der Waals surface area contributed by atoms with Crippen LogP contribution in [0.5, 0.6) is 0 Å². The van der Waals surface area contributed by atoms with Gasteiger partial charge in [-0.15, -0.1) is 0 Å². The lowest BCUT2D eigenvalue weighted by atomic mass is 10.2. The number of anilines is 1. The van der Waals surface area contributed by atoms with Crippen LogP contribution in [0.2, 0.25) is 0 Å². The summed E-state index contributed by atoms with van der Waals surface area (Å²) in [5, 5.41) is 1.33. The Bertz CT molecular complexity index is 870. The van der Waals surface area contributed by atoms with Crippen LogP contribution in [0.25, 0.3) is 22.4 Å². The molecule has 2 aromatic carbocycles. The zero-order valence-electron chi connectivity index (χ0n) is 15.9. The summed E-state index contributed by atoms with van der Waals surface area (Å²) in [7, 11) is 4.14. The zero-order chi connectivity index (χ0) is 18.4. The number of halogens is 2. The Kier molecular flexibility index (Phi) is 9.52. The van der Waals surface area contributed by atoms with Crippen molar-refractivity contribution in [2.24, 2.45) is 0 Å². The van der Waals surface area contributed by atoms with E-state index in [9.17, 15) is 0 Å². The van der Waals surface area contributed by atoms with E-state index in [1.54, 1.807) is 0 Å². The molecular formula is C22H26I2N2S. The van der Waals surface area contributed by atoms with Crippen molar-refractivity contribution in [1.29, 1.82) is 0 Å². The van der Waals surface area contributed by atoms with Gasteiger partial charge in [0, 0.05) is 38.3 Å². The summed E-state index contributed by atoms with van der Waals surface area (Å²) in [4.78, 5) is 2.13. The third-order valence-corrected chi connectivity index (χ3v) is 6.37. The number of rotatable bonds is 8. The number of thiazole rings is 1. The van der Waals surface area contributed by atoms with E-state index in [1.165, 1.54) is 50.2 Å². The van der Waals surface area contributed by atoms with Gasteiger partial charge in [0.2, 0.25) is 5.52 Å². The van der Waals surface area contributed by atoms with E-state index in [4.69, 9.17) is 0 Å². The number of hydrogen-bond acceptors (Lipinski definition) is 2. The molecule has 5 heteroatoms. The fraction of sp³-hybridized carbons (Fsp3) is 0.318. The van der Waals surface area contributed by atoms with E-state index < -0.39 is 0 Å². The zero-order valence-corrected chi connectivity index (χ0v) is 21.0. The summed E-state index contributed by atoms with van der Waals surface area (Å²) < 4.78 is 5.10. The van der Waals surface area contributed by atoms with Crippen LogP contribution in [0.15, 0.2) is 48.5 Å². The Morgan fingerprint density at radius 1 is 0.963 bits per heavy atom. The lowest BCUT2D eigenvalue weighted by Crippen LogP contribution is -3.00. The first-order chi connectivity index (χ1) is 12.7. The van der Waals surface area contributed by atoms with Crippen LogP contribution >= 0.6 is 33.9 Å². The van der Waals surface area contributed by atoms with Gasteiger partial charge in [0.25, 0.3) is 5.01 Å². The van der Waals surface area contributed by atoms with Crippen molar-refractivity contribution in [3.8, 4) is 0 Å². The van der Waals surface area contributed by atoms with E-state index in [2.05, 4.69) is 107 Å². The Labute approximate surface area is 197 Å². The molecule has 0 unspecified atom stereocenters. The molecule has 2 nitrogen and oxygen atoms in total. The van der Waals surface area contributed by atoms with E-state index >= 15 is 0 Å². The molecule has 0 amide bonds. The summed E-state index contributed by atoms with van der Waals surface area (Å²) in [6, 6.07) is 17.5. The first-order valence-corrected chi connectivity index (χ1v) is 11.5. The van der Waals surface area contributed by atoms with Crippen LogP contribution in [0, 0.1) is 0 Å². The molecule has 0 aliphatic carbocycles. The monoisotopic (exact) mass is 604 g/mol. The van der Waals surface area contributed by atoms with Crippen LogP contribution in [-0.2, 0) is 6.54 Å². The molecule has 27 heavy (non-hydrogen) atoms. The molecular weight excluding hydrogens is 578 g/mol. The predicted molar refractivity (Wildman–Crippen MR) is 124 cm³/mol. The highest BCUT2D eigenvalue weighted by molar-refractivity contribution is 14.1. The molecule has 0 saturated heterocycles. The Balaban J connectivity index is 0.00000261. The van der Waals surface area contributed by atoms with Crippen molar-refractivity contribution in [1.82, 2.24) is 0 Å². The average molecular weight is 604 g/mol.